The summed E-state index contributed by atoms with van der Waals surface area (Å²) < 4.78 is 24.8. The fraction of sp³-hybridized carbons (Fsp3) is 0.923. The summed E-state index contributed by atoms with van der Waals surface area (Å²) in [5.74, 6) is -0.0701. The zero-order valence-corrected chi connectivity index (χ0v) is 14.4. The predicted octanol–water partition coefficient (Wildman–Crippen LogP) is 0.362. The van der Waals surface area contributed by atoms with Crippen molar-refractivity contribution in [3.63, 3.8) is 0 Å². The first-order valence-electron chi connectivity index (χ1n) is 6.82. The highest BCUT2D eigenvalue weighted by Crippen LogP contribution is 2.12. The van der Waals surface area contributed by atoms with E-state index in [1.54, 1.807) is 0 Å². The van der Waals surface area contributed by atoms with Crippen molar-refractivity contribution in [1.82, 2.24) is 14.5 Å². The van der Waals surface area contributed by atoms with Crippen LogP contribution in [0.1, 0.15) is 27.2 Å². The molecule has 0 fully saturated rings. The van der Waals surface area contributed by atoms with Crippen LogP contribution in [0.4, 0.5) is 0 Å². The highest BCUT2D eigenvalue weighted by molar-refractivity contribution is 7.88. The Morgan fingerprint density at radius 1 is 1.10 bits per heavy atom. The largest absolute Gasteiger partial charge is 0.354 e. The van der Waals surface area contributed by atoms with Crippen LogP contribution >= 0.6 is 0 Å². The summed E-state index contributed by atoms with van der Waals surface area (Å²) in [6, 6.07) is 0. The molecule has 0 aliphatic heterocycles. The van der Waals surface area contributed by atoms with Crippen LogP contribution in [0.5, 0.6) is 0 Å². The molecule has 7 heteroatoms. The quantitative estimate of drug-likeness (QED) is 0.703. The maximum absolute atomic E-state index is 11.7. The molecule has 0 aromatic heterocycles. The maximum Gasteiger partial charge on any atom is 0.225 e. The van der Waals surface area contributed by atoms with Crippen LogP contribution in [-0.4, -0.2) is 70.1 Å². The van der Waals surface area contributed by atoms with Gasteiger partial charge in [-0.3, -0.25) is 4.79 Å². The van der Waals surface area contributed by atoms with E-state index < -0.39 is 15.4 Å². The second kappa shape index (κ2) is 7.95. The Bertz CT molecular complexity index is 400. The first-order valence-corrected chi connectivity index (χ1v) is 8.67. The van der Waals surface area contributed by atoms with Gasteiger partial charge in [0.2, 0.25) is 15.9 Å². The molecule has 1 N–H and O–H groups in total. The van der Waals surface area contributed by atoms with E-state index in [-0.39, 0.29) is 5.91 Å². The van der Waals surface area contributed by atoms with Crippen LogP contribution in [-0.2, 0) is 14.8 Å². The van der Waals surface area contributed by atoms with Crippen LogP contribution in [0.15, 0.2) is 0 Å². The van der Waals surface area contributed by atoms with Gasteiger partial charge >= 0.3 is 0 Å². The second-order valence-electron chi connectivity index (χ2n) is 6.32. The molecule has 0 aliphatic rings. The van der Waals surface area contributed by atoms with E-state index in [0.717, 1.165) is 13.0 Å². The average molecular weight is 307 g/mol. The smallest absolute Gasteiger partial charge is 0.225 e. The molecule has 0 saturated heterocycles. The molecule has 0 saturated carbocycles. The summed E-state index contributed by atoms with van der Waals surface area (Å²) in [7, 11) is 0.673. The van der Waals surface area contributed by atoms with Gasteiger partial charge in [-0.25, -0.2) is 12.7 Å². The Labute approximate surface area is 123 Å². The molecule has 20 heavy (non-hydrogen) atoms. The zero-order chi connectivity index (χ0) is 16.0. The van der Waals surface area contributed by atoms with Gasteiger partial charge in [-0.05, 0) is 27.1 Å². The van der Waals surface area contributed by atoms with Gasteiger partial charge in [0.15, 0.2) is 0 Å². The fourth-order valence-corrected chi connectivity index (χ4v) is 2.45. The summed E-state index contributed by atoms with van der Waals surface area (Å²) in [6.45, 7) is 7.44. The van der Waals surface area contributed by atoms with E-state index >= 15 is 0 Å². The van der Waals surface area contributed by atoms with Gasteiger partial charge in [-0.15, -0.1) is 0 Å². The number of rotatable bonds is 8. The number of sulfonamides is 1. The molecule has 6 nitrogen and oxygen atoms in total. The molecule has 0 atom stereocenters. The lowest BCUT2D eigenvalue weighted by Gasteiger charge is -2.23. The van der Waals surface area contributed by atoms with Gasteiger partial charge in [-0.1, -0.05) is 20.8 Å². The van der Waals surface area contributed by atoms with E-state index in [1.165, 1.54) is 10.6 Å². The van der Waals surface area contributed by atoms with Gasteiger partial charge in [0, 0.05) is 25.0 Å². The Morgan fingerprint density at radius 2 is 1.65 bits per heavy atom. The fourth-order valence-electron chi connectivity index (χ4n) is 1.57. The summed E-state index contributed by atoms with van der Waals surface area (Å²) >= 11 is 0. The highest BCUT2D eigenvalue weighted by atomic mass is 32.2. The molecule has 0 aromatic rings. The number of amides is 1. The normalized spacial score (nSPS) is 13.0. The van der Waals surface area contributed by atoms with E-state index in [4.69, 9.17) is 0 Å². The Balaban J connectivity index is 4.30. The van der Waals surface area contributed by atoms with Crippen LogP contribution < -0.4 is 5.32 Å². The molecular weight excluding hydrogens is 278 g/mol. The molecule has 0 unspecified atom stereocenters. The van der Waals surface area contributed by atoms with Crippen LogP contribution in [0, 0.1) is 5.41 Å². The van der Waals surface area contributed by atoms with E-state index in [1.807, 2.05) is 39.8 Å². The van der Waals surface area contributed by atoms with Crippen LogP contribution in [0.3, 0.4) is 0 Å². The summed E-state index contributed by atoms with van der Waals surface area (Å²) in [5.41, 5.74) is -0.457. The van der Waals surface area contributed by atoms with Crippen LogP contribution in [0.2, 0.25) is 0 Å². The highest BCUT2D eigenvalue weighted by Gasteiger charge is 2.21. The van der Waals surface area contributed by atoms with Crippen molar-refractivity contribution < 1.29 is 13.2 Å². The Morgan fingerprint density at radius 3 is 2.05 bits per heavy atom. The van der Waals surface area contributed by atoms with Crippen molar-refractivity contribution >= 4 is 15.9 Å². The lowest BCUT2D eigenvalue weighted by molar-refractivity contribution is -0.128. The number of nitrogens with one attached hydrogen (secondary N) is 1. The van der Waals surface area contributed by atoms with Gasteiger partial charge < -0.3 is 10.2 Å². The number of nitrogens with zero attached hydrogens (tertiary/aromatic N) is 2. The van der Waals surface area contributed by atoms with E-state index in [9.17, 15) is 13.2 Å². The van der Waals surface area contributed by atoms with Crippen molar-refractivity contribution in [2.45, 2.75) is 27.2 Å². The molecule has 0 heterocycles. The average Bonchev–Trinajstić information content (AvgIpc) is 2.23. The van der Waals surface area contributed by atoms with E-state index in [2.05, 4.69) is 5.32 Å². The van der Waals surface area contributed by atoms with Crippen molar-refractivity contribution in [3.8, 4) is 0 Å². The molecule has 0 bridgehead atoms. The molecule has 0 aromatic carbocycles. The van der Waals surface area contributed by atoms with Crippen molar-refractivity contribution in [2.75, 3.05) is 46.5 Å². The van der Waals surface area contributed by atoms with Gasteiger partial charge in [-0.2, -0.15) is 0 Å². The van der Waals surface area contributed by atoms with Gasteiger partial charge in [0.05, 0.1) is 6.26 Å². The standard InChI is InChI=1S/C13H29N3O3S/c1-13(2,3)12(17)14-8-11-16(20(6,18)19)10-7-9-15(4)5/h7-11H2,1-6H3,(H,14,17). The molecular formula is C13H29N3O3S. The summed E-state index contributed by atoms with van der Waals surface area (Å²) in [4.78, 5) is 13.7. The minimum atomic E-state index is -3.23. The van der Waals surface area contributed by atoms with Gasteiger partial charge in [0.25, 0.3) is 0 Å². The molecule has 1 amide bonds. The minimum absolute atomic E-state index is 0.0701. The Hall–Kier alpha value is -0.660. The molecule has 0 aliphatic carbocycles. The number of carbonyl (C=O) groups excluding carboxylic acids is 1. The minimum Gasteiger partial charge on any atom is -0.354 e. The third-order valence-electron chi connectivity index (χ3n) is 2.81. The zero-order valence-electron chi connectivity index (χ0n) is 13.6. The lowest BCUT2D eigenvalue weighted by Crippen LogP contribution is -2.42. The third kappa shape index (κ3) is 8.50. The topological polar surface area (TPSA) is 69.7 Å². The first kappa shape index (κ1) is 19.3. The van der Waals surface area contributed by atoms with E-state index in [0.29, 0.717) is 19.6 Å². The van der Waals surface area contributed by atoms with Crippen molar-refractivity contribution in [3.05, 3.63) is 0 Å². The molecule has 0 radical (unpaired) electrons. The van der Waals surface area contributed by atoms with Crippen LogP contribution in [0.25, 0.3) is 0 Å². The number of hydrogen-bond acceptors (Lipinski definition) is 4. The lowest BCUT2D eigenvalue weighted by atomic mass is 9.96. The monoisotopic (exact) mass is 307 g/mol. The maximum atomic E-state index is 11.7. The number of carbonyl (C=O) groups is 1. The van der Waals surface area contributed by atoms with Gasteiger partial charge in [0.1, 0.15) is 0 Å². The predicted molar refractivity (Wildman–Crippen MR) is 82.1 cm³/mol. The summed E-state index contributed by atoms with van der Waals surface area (Å²) in [6.07, 6.45) is 1.97. The molecule has 0 spiro atoms. The Kier molecular flexibility index (Phi) is 7.69. The number of hydrogen-bond donors (Lipinski definition) is 1. The molecule has 120 valence electrons. The molecule has 0 rings (SSSR count). The van der Waals surface area contributed by atoms with Crippen molar-refractivity contribution in [1.29, 1.82) is 0 Å². The first-order chi connectivity index (χ1) is 8.94. The summed E-state index contributed by atoms with van der Waals surface area (Å²) in [5, 5.41) is 2.77. The SMILES string of the molecule is CN(C)CCCN(CCNC(=O)C(C)(C)C)S(C)(=O)=O. The third-order valence-corrected chi connectivity index (χ3v) is 4.11. The second-order valence-corrected chi connectivity index (χ2v) is 8.31. The van der Waals surface area contributed by atoms with Crippen molar-refractivity contribution in [2.24, 2.45) is 5.41 Å².